The first-order valence-corrected chi connectivity index (χ1v) is 11.8. The van der Waals surface area contributed by atoms with Gasteiger partial charge < -0.3 is 10.1 Å². The molecule has 0 aromatic heterocycles. The lowest BCUT2D eigenvalue weighted by Crippen LogP contribution is -2.48. The Kier molecular flexibility index (Phi) is 7.09. The fourth-order valence-corrected chi connectivity index (χ4v) is 5.74. The Bertz CT molecular complexity index is 1040. The van der Waals surface area contributed by atoms with Crippen LogP contribution in [0.25, 0.3) is 0 Å². The minimum absolute atomic E-state index is 0.0706. The van der Waals surface area contributed by atoms with Gasteiger partial charge in [0.25, 0.3) is 5.91 Å². The molecule has 2 aromatic carbocycles. The molecule has 3 rings (SSSR count). The van der Waals surface area contributed by atoms with Gasteiger partial charge in [0.05, 0.1) is 23.3 Å². The molecule has 0 saturated carbocycles. The summed E-state index contributed by atoms with van der Waals surface area (Å²) >= 11 is 12.2. The maximum Gasteiger partial charge on any atom is 0.251 e. The highest BCUT2D eigenvalue weighted by Crippen LogP contribution is 2.28. The number of nitrogens with one attached hydrogen (secondary N) is 1. The fraction of sp³-hybridized carbons (Fsp3) is 0.381. The number of hydrogen-bond acceptors (Lipinski definition) is 4. The molecule has 1 saturated heterocycles. The molecule has 162 valence electrons. The minimum atomic E-state index is -3.88. The molecule has 6 nitrogen and oxygen atoms in total. The Morgan fingerprint density at radius 3 is 2.43 bits per heavy atom. The van der Waals surface area contributed by atoms with Gasteiger partial charge >= 0.3 is 0 Å². The van der Waals surface area contributed by atoms with Crippen LogP contribution >= 0.6 is 23.2 Å². The fourth-order valence-electron chi connectivity index (χ4n) is 3.45. The van der Waals surface area contributed by atoms with E-state index in [1.807, 2.05) is 26.8 Å². The van der Waals surface area contributed by atoms with Gasteiger partial charge in [-0.2, -0.15) is 4.31 Å². The predicted molar refractivity (Wildman–Crippen MR) is 118 cm³/mol. The van der Waals surface area contributed by atoms with E-state index in [1.54, 1.807) is 18.2 Å². The number of ether oxygens (including phenoxy) is 1. The highest BCUT2D eigenvalue weighted by molar-refractivity contribution is 7.89. The Balaban J connectivity index is 1.84. The summed E-state index contributed by atoms with van der Waals surface area (Å²) < 4.78 is 33.4. The molecule has 1 N–H and O–H groups in total. The number of benzene rings is 2. The Labute approximate surface area is 187 Å². The lowest BCUT2D eigenvalue weighted by molar-refractivity contribution is -0.0440. The summed E-state index contributed by atoms with van der Waals surface area (Å²) in [6.07, 6.45) is -0.459. The van der Waals surface area contributed by atoms with Crippen LogP contribution < -0.4 is 5.32 Å². The molecule has 0 bridgehead atoms. The maximum absolute atomic E-state index is 13.2. The van der Waals surface area contributed by atoms with E-state index in [1.165, 1.54) is 22.5 Å². The van der Waals surface area contributed by atoms with E-state index in [9.17, 15) is 13.2 Å². The smallest absolute Gasteiger partial charge is 0.251 e. The van der Waals surface area contributed by atoms with Gasteiger partial charge in [-0.25, -0.2) is 8.42 Å². The first kappa shape index (κ1) is 23.0. The van der Waals surface area contributed by atoms with E-state index in [0.717, 1.165) is 5.56 Å². The third-order valence-corrected chi connectivity index (χ3v) is 7.44. The Morgan fingerprint density at radius 2 is 1.80 bits per heavy atom. The number of carbonyl (C=O) groups excluding carboxylic acids is 1. The monoisotopic (exact) mass is 470 g/mol. The quantitative estimate of drug-likeness (QED) is 0.707. The number of sulfonamides is 1. The SMILES string of the molecule is C[C@@H]1CN(S(=O)(=O)c2cc(C(=O)N[C@@H](C)c3cccc(Cl)c3)ccc2Cl)C[C@@H](C)O1. The van der Waals surface area contributed by atoms with Crippen LogP contribution in [0.3, 0.4) is 0 Å². The normalized spacial score (nSPS) is 21.2. The van der Waals surface area contributed by atoms with E-state index in [4.69, 9.17) is 27.9 Å². The molecule has 0 aliphatic carbocycles. The van der Waals surface area contributed by atoms with E-state index in [0.29, 0.717) is 5.02 Å². The summed E-state index contributed by atoms with van der Waals surface area (Å²) in [5.41, 5.74) is 1.05. The third kappa shape index (κ3) is 5.15. The van der Waals surface area contributed by atoms with E-state index >= 15 is 0 Å². The number of halogens is 2. The topological polar surface area (TPSA) is 75.7 Å². The maximum atomic E-state index is 13.2. The molecule has 1 amide bonds. The van der Waals surface area contributed by atoms with Crippen molar-refractivity contribution in [2.75, 3.05) is 13.1 Å². The Hall–Kier alpha value is -1.64. The van der Waals surface area contributed by atoms with E-state index in [-0.39, 0.29) is 46.8 Å². The second-order valence-electron chi connectivity index (χ2n) is 7.47. The second-order valence-corrected chi connectivity index (χ2v) is 10.2. The van der Waals surface area contributed by atoms with Gasteiger partial charge in [-0.3, -0.25) is 4.79 Å². The van der Waals surface area contributed by atoms with Crippen molar-refractivity contribution in [1.82, 2.24) is 9.62 Å². The average Bonchev–Trinajstić information content (AvgIpc) is 2.67. The van der Waals surface area contributed by atoms with E-state index < -0.39 is 15.9 Å². The van der Waals surface area contributed by atoms with Gasteiger partial charge in [0.15, 0.2) is 0 Å². The van der Waals surface area contributed by atoms with Crippen molar-refractivity contribution in [3.8, 4) is 0 Å². The highest BCUT2D eigenvalue weighted by atomic mass is 35.5. The molecule has 3 atom stereocenters. The first-order chi connectivity index (χ1) is 14.1. The van der Waals surface area contributed by atoms with E-state index in [2.05, 4.69) is 5.32 Å². The highest BCUT2D eigenvalue weighted by Gasteiger charge is 2.34. The number of rotatable bonds is 5. The van der Waals surface area contributed by atoms with Crippen LogP contribution in [0.15, 0.2) is 47.4 Å². The molecular weight excluding hydrogens is 447 g/mol. The third-order valence-electron chi connectivity index (χ3n) is 4.89. The molecule has 0 unspecified atom stereocenters. The number of nitrogens with zero attached hydrogens (tertiary/aromatic N) is 1. The van der Waals surface area contributed by atoms with Crippen LogP contribution in [-0.2, 0) is 14.8 Å². The number of carbonyl (C=O) groups is 1. The number of hydrogen-bond donors (Lipinski definition) is 1. The first-order valence-electron chi connectivity index (χ1n) is 9.59. The summed E-state index contributed by atoms with van der Waals surface area (Å²) in [6.45, 7) is 5.92. The summed E-state index contributed by atoms with van der Waals surface area (Å²) in [5, 5.41) is 3.50. The summed E-state index contributed by atoms with van der Waals surface area (Å²) in [7, 11) is -3.88. The second kappa shape index (κ2) is 9.24. The van der Waals surface area contributed by atoms with Crippen molar-refractivity contribution in [2.24, 2.45) is 0 Å². The predicted octanol–water partition coefficient (Wildman–Crippen LogP) is 4.28. The van der Waals surface area contributed by atoms with Crippen LogP contribution in [0, 0.1) is 0 Å². The van der Waals surface area contributed by atoms with Gasteiger partial charge in [-0.05, 0) is 56.7 Å². The van der Waals surface area contributed by atoms with Crippen molar-refractivity contribution in [3.05, 3.63) is 63.6 Å². The average molecular weight is 471 g/mol. The standard InChI is InChI=1S/C21H24Cl2N2O4S/c1-13-11-25(12-14(2)29-13)30(27,28)20-10-17(7-8-19(20)23)21(26)24-15(3)16-5-4-6-18(22)9-16/h4-10,13-15H,11-12H2,1-3H3,(H,24,26)/t13-,14-,15+/m1/s1. The lowest BCUT2D eigenvalue weighted by Gasteiger charge is -2.34. The van der Waals surface area contributed by atoms with Crippen molar-refractivity contribution in [2.45, 2.75) is 43.9 Å². The zero-order chi connectivity index (χ0) is 22.1. The zero-order valence-corrected chi connectivity index (χ0v) is 19.3. The van der Waals surface area contributed by atoms with Crippen molar-refractivity contribution < 1.29 is 17.9 Å². The van der Waals surface area contributed by atoms with Gasteiger partial charge in [0, 0.05) is 23.7 Å². The van der Waals surface area contributed by atoms with Crippen molar-refractivity contribution in [1.29, 1.82) is 0 Å². The zero-order valence-electron chi connectivity index (χ0n) is 16.9. The molecule has 9 heteroatoms. The van der Waals surface area contributed by atoms with Crippen LogP contribution in [0.2, 0.25) is 10.0 Å². The summed E-state index contributed by atoms with van der Waals surface area (Å²) in [6, 6.07) is 11.1. The molecule has 2 aromatic rings. The number of morpholine rings is 1. The van der Waals surface area contributed by atoms with Crippen molar-refractivity contribution in [3.63, 3.8) is 0 Å². The lowest BCUT2D eigenvalue weighted by atomic mass is 10.1. The molecule has 0 spiro atoms. The van der Waals surface area contributed by atoms with Crippen LogP contribution in [0.4, 0.5) is 0 Å². The number of amides is 1. The largest absolute Gasteiger partial charge is 0.373 e. The minimum Gasteiger partial charge on any atom is -0.373 e. The molecular formula is C21H24Cl2N2O4S. The van der Waals surface area contributed by atoms with Gasteiger partial charge in [0.1, 0.15) is 4.90 Å². The van der Waals surface area contributed by atoms with Crippen LogP contribution in [-0.4, -0.2) is 43.9 Å². The van der Waals surface area contributed by atoms with Crippen LogP contribution in [0.5, 0.6) is 0 Å². The summed E-state index contributed by atoms with van der Waals surface area (Å²) in [4.78, 5) is 12.7. The Morgan fingerprint density at radius 1 is 1.13 bits per heavy atom. The summed E-state index contributed by atoms with van der Waals surface area (Å²) in [5.74, 6) is -0.403. The van der Waals surface area contributed by atoms with Gasteiger partial charge in [0.2, 0.25) is 10.0 Å². The molecule has 1 fully saturated rings. The molecule has 1 heterocycles. The van der Waals surface area contributed by atoms with Gasteiger partial charge in [-0.15, -0.1) is 0 Å². The van der Waals surface area contributed by atoms with Crippen molar-refractivity contribution >= 4 is 39.1 Å². The molecule has 1 aliphatic rings. The molecule has 1 aliphatic heterocycles. The van der Waals surface area contributed by atoms with Gasteiger partial charge in [-0.1, -0.05) is 35.3 Å². The van der Waals surface area contributed by atoms with Crippen LogP contribution in [0.1, 0.15) is 42.7 Å². The molecule has 30 heavy (non-hydrogen) atoms. The molecule has 0 radical (unpaired) electrons.